The van der Waals surface area contributed by atoms with Crippen LogP contribution in [0.5, 0.6) is 0 Å². The lowest BCUT2D eigenvalue weighted by Gasteiger charge is -2.07. The fourth-order valence-electron chi connectivity index (χ4n) is 1.89. The number of rotatable bonds is 7. The van der Waals surface area contributed by atoms with E-state index in [-0.39, 0.29) is 5.91 Å². The molecule has 0 spiro atoms. The summed E-state index contributed by atoms with van der Waals surface area (Å²) in [5.41, 5.74) is 2.19. The molecule has 6 heteroatoms. The van der Waals surface area contributed by atoms with Crippen LogP contribution in [0.3, 0.4) is 0 Å². The summed E-state index contributed by atoms with van der Waals surface area (Å²) < 4.78 is 4.88. The second kappa shape index (κ2) is 8.51. The van der Waals surface area contributed by atoms with Crippen molar-refractivity contribution in [3.8, 4) is 6.07 Å². The molecule has 1 aromatic heterocycles. The third-order valence-corrected chi connectivity index (χ3v) is 3.17. The van der Waals surface area contributed by atoms with Crippen LogP contribution < -0.4 is 10.6 Å². The van der Waals surface area contributed by atoms with Crippen molar-refractivity contribution in [3.63, 3.8) is 0 Å². The number of nitrogens with zero attached hydrogens (tertiary/aromatic N) is 2. The summed E-state index contributed by atoms with van der Waals surface area (Å²) in [4.78, 5) is 16.0. The molecule has 0 fully saturated rings. The molecule has 23 heavy (non-hydrogen) atoms. The highest BCUT2D eigenvalue weighted by Gasteiger charge is 2.05. The Hall–Kier alpha value is -2.91. The van der Waals surface area contributed by atoms with Gasteiger partial charge in [0.25, 0.3) is 5.91 Å². The molecule has 0 radical (unpaired) electrons. The molecule has 2 rings (SSSR count). The average molecular weight is 310 g/mol. The summed E-state index contributed by atoms with van der Waals surface area (Å²) in [7, 11) is 1.59. The van der Waals surface area contributed by atoms with Gasteiger partial charge in [-0.3, -0.25) is 4.79 Å². The first kappa shape index (κ1) is 16.5. The molecule has 0 aliphatic rings. The Labute approximate surface area is 135 Å². The van der Waals surface area contributed by atoms with Gasteiger partial charge < -0.3 is 15.4 Å². The highest BCUT2D eigenvalue weighted by molar-refractivity contribution is 5.94. The first-order valence-corrected chi connectivity index (χ1v) is 7.19. The van der Waals surface area contributed by atoms with Gasteiger partial charge in [0.2, 0.25) is 0 Å². The largest absolute Gasteiger partial charge is 0.383 e. The normalized spacial score (nSPS) is 9.91. The van der Waals surface area contributed by atoms with Gasteiger partial charge in [-0.2, -0.15) is 5.26 Å². The SMILES string of the molecule is COCCNC(=O)c1ccc(NCc2ccc(C#N)cc2)nc1. The lowest BCUT2D eigenvalue weighted by Crippen LogP contribution is -2.27. The summed E-state index contributed by atoms with van der Waals surface area (Å²) in [5, 5.41) is 14.7. The van der Waals surface area contributed by atoms with E-state index in [1.807, 2.05) is 12.1 Å². The Kier molecular flexibility index (Phi) is 6.09. The summed E-state index contributed by atoms with van der Waals surface area (Å²) in [6.45, 7) is 1.54. The van der Waals surface area contributed by atoms with Crippen LogP contribution in [0.4, 0.5) is 5.82 Å². The quantitative estimate of drug-likeness (QED) is 0.763. The summed E-state index contributed by atoms with van der Waals surface area (Å²) in [6.07, 6.45) is 1.53. The summed E-state index contributed by atoms with van der Waals surface area (Å²) in [6, 6.07) is 12.9. The van der Waals surface area contributed by atoms with E-state index in [9.17, 15) is 4.79 Å². The molecule has 0 bridgehead atoms. The number of nitrogens with one attached hydrogen (secondary N) is 2. The smallest absolute Gasteiger partial charge is 0.252 e. The van der Waals surface area contributed by atoms with Gasteiger partial charge in [0.1, 0.15) is 5.82 Å². The van der Waals surface area contributed by atoms with Crippen molar-refractivity contribution in [3.05, 3.63) is 59.3 Å². The lowest BCUT2D eigenvalue weighted by molar-refractivity contribution is 0.0937. The third kappa shape index (κ3) is 5.09. The summed E-state index contributed by atoms with van der Waals surface area (Å²) >= 11 is 0. The minimum absolute atomic E-state index is 0.173. The zero-order chi connectivity index (χ0) is 16.5. The van der Waals surface area contributed by atoms with Crippen molar-refractivity contribution in [1.82, 2.24) is 10.3 Å². The van der Waals surface area contributed by atoms with Gasteiger partial charge in [0, 0.05) is 26.4 Å². The fraction of sp³-hybridized carbons (Fsp3) is 0.235. The number of hydrogen-bond donors (Lipinski definition) is 2. The van der Waals surface area contributed by atoms with Gasteiger partial charge in [0.15, 0.2) is 0 Å². The van der Waals surface area contributed by atoms with E-state index in [0.29, 0.717) is 36.6 Å². The van der Waals surface area contributed by atoms with Crippen LogP contribution in [0.1, 0.15) is 21.5 Å². The summed E-state index contributed by atoms with van der Waals surface area (Å²) in [5.74, 6) is 0.510. The molecule has 0 saturated heterocycles. The molecule has 0 unspecified atom stereocenters. The maximum Gasteiger partial charge on any atom is 0.252 e. The maximum absolute atomic E-state index is 11.8. The van der Waals surface area contributed by atoms with E-state index in [1.165, 1.54) is 6.20 Å². The highest BCUT2D eigenvalue weighted by atomic mass is 16.5. The number of pyridine rings is 1. The Morgan fingerprint density at radius 2 is 2.04 bits per heavy atom. The van der Waals surface area contributed by atoms with Crippen LogP contribution in [-0.4, -0.2) is 31.2 Å². The van der Waals surface area contributed by atoms with Crippen molar-refractivity contribution >= 4 is 11.7 Å². The highest BCUT2D eigenvalue weighted by Crippen LogP contribution is 2.09. The molecular weight excluding hydrogens is 292 g/mol. The van der Waals surface area contributed by atoms with Crippen LogP contribution in [0.2, 0.25) is 0 Å². The number of carbonyl (C=O) groups excluding carboxylic acids is 1. The van der Waals surface area contributed by atoms with Gasteiger partial charge >= 0.3 is 0 Å². The number of anilines is 1. The molecule has 1 heterocycles. The van der Waals surface area contributed by atoms with Gasteiger partial charge in [-0.05, 0) is 29.8 Å². The molecule has 0 aliphatic heterocycles. The minimum atomic E-state index is -0.173. The van der Waals surface area contributed by atoms with Crippen LogP contribution in [0, 0.1) is 11.3 Å². The molecule has 2 aromatic rings. The Morgan fingerprint density at radius 1 is 1.26 bits per heavy atom. The van der Waals surface area contributed by atoms with Crippen LogP contribution in [0.15, 0.2) is 42.6 Å². The number of ether oxygens (including phenoxy) is 1. The molecule has 0 aliphatic carbocycles. The van der Waals surface area contributed by atoms with Gasteiger partial charge in [-0.1, -0.05) is 12.1 Å². The van der Waals surface area contributed by atoms with E-state index in [0.717, 1.165) is 5.56 Å². The van der Waals surface area contributed by atoms with Crippen molar-refractivity contribution in [2.75, 3.05) is 25.6 Å². The molecule has 2 N–H and O–H groups in total. The first-order valence-electron chi connectivity index (χ1n) is 7.19. The number of nitriles is 1. The number of hydrogen-bond acceptors (Lipinski definition) is 5. The average Bonchev–Trinajstić information content (AvgIpc) is 2.61. The van der Waals surface area contributed by atoms with E-state index in [4.69, 9.17) is 10.00 Å². The topological polar surface area (TPSA) is 87.0 Å². The van der Waals surface area contributed by atoms with Crippen molar-refractivity contribution in [2.24, 2.45) is 0 Å². The monoisotopic (exact) mass is 310 g/mol. The van der Waals surface area contributed by atoms with Crippen LogP contribution in [0.25, 0.3) is 0 Å². The number of aromatic nitrogens is 1. The minimum Gasteiger partial charge on any atom is -0.383 e. The molecule has 0 saturated carbocycles. The maximum atomic E-state index is 11.8. The Bertz CT molecular complexity index is 675. The molecule has 1 amide bonds. The Morgan fingerprint density at radius 3 is 2.65 bits per heavy atom. The predicted octanol–water partition coefficient (Wildman–Crippen LogP) is 1.94. The zero-order valence-electron chi connectivity index (χ0n) is 12.9. The van der Waals surface area contributed by atoms with Gasteiger partial charge in [-0.25, -0.2) is 4.98 Å². The molecule has 118 valence electrons. The van der Waals surface area contributed by atoms with Gasteiger partial charge in [-0.15, -0.1) is 0 Å². The molecule has 1 aromatic carbocycles. The Balaban J connectivity index is 1.87. The van der Waals surface area contributed by atoms with Crippen LogP contribution in [-0.2, 0) is 11.3 Å². The van der Waals surface area contributed by atoms with Crippen molar-refractivity contribution in [1.29, 1.82) is 5.26 Å². The van der Waals surface area contributed by atoms with E-state index < -0.39 is 0 Å². The number of benzene rings is 1. The standard InChI is InChI=1S/C17H18N4O2/c1-23-9-8-19-17(22)15-6-7-16(21-12-15)20-11-14-4-2-13(10-18)3-5-14/h2-7,12H,8-9,11H2,1H3,(H,19,22)(H,20,21). The van der Waals surface area contributed by atoms with E-state index in [2.05, 4.69) is 21.7 Å². The second-order valence-electron chi connectivity index (χ2n) is 4.84. The second-order valence-corrected chi connectivity index (χ2v) is 4.84. The van der Waals surface area contributed by atoms with Gasteiger partial charge in [0.05, 0.1) is 23.8 Å². The van der Waals surface area contributed by atoms with E-state index in [1.54, 1.807) is 31.4 Å². The molecule has 0 atom stereocenters. The zero-order valence-corrected chi connectivity index (χ0v) is 12.9. The molecule has 6 nitrogen and oxygen atoms in total. The fourth-order valence-corrected chi connectivity index (χ4v) is 1.89. The number of methoxy groups -OCH3 is 1. The van der Waals surface area contributed by atoms with Crippen molar-refractivity contribution in [2.45, 2.75) is 6.54 Å². The van der Waals surface area contributed by atoms with E-state index >= 15 is 0 Å². The molecular formula is C17H18N4O2. The van der Waals surface area contributed by atoms with Crippen molar-refractivity contribution < 1.29 is 9.53 Å². The first-order chi connectivity index (χ1) is 11.2. The number of amides is 1. The third-order valence-electron chi connectivity index (χ3n) is 3.17. The predicted molar refractivity (Wildman–Crippen MR) is 86.9 cm³/mol. The van der Waals surface area contributed by atoms with Crippen LogP contribution >= 0.6 is 0 Å². The lowest BCUT2D eigenvalue weighted by atomic mass is 10.1. The number of carbonyl (C=O) groups is 1.